The molecular weight excluding hydrogens is 586 g/mol. The molecule has 3 aromatic carbocycles. The van der Waals surface area contributed by atoms with E-state index in [1.165, 1.54) is 11.0 Å². The summed E-state index contributed by atoms with van der Waals surface area (Å²) >= 11 is 9.39. The van der Waals surface area contributed by atoms with E-state index in [4.69, 9.17) is 11.6 Å². The molecule has 1 aliphatic rings. The number of carbonyl (C=O) groups is 2. The molecule has 34 heavy (non-hydrogen) atoms. The molecule has 1 fully saturated rings. The molecule has 0 atom stereocenters. The van der Waals surface area contributed by atoms with Gasteiger partial charge in [0.25, 0.3) is 11.1 Å². The van der Waals surface area contributed by atoms with Crippen LogP contribution in [-0.4, -0.2) is 20.6 Å². The standard InChI is InChI=1S/C26H17ClFIN2O2S/c27-21-5-3-6-22(28)20(21)15-30-14-17(19-4-1-2-7-23(19)30)12-24-25(32)31(26(33)34-24)13-16-8-10-18(29)11-9-16/h1-12,14H,13,15H2/b24-12+. The van der Waals surface area contributed by atoms with Gasteiger partial charge in [-0.1, -0.05) is 48.0 Å². The number of fused-ring (bicyclic) bond motifs is 1. The Morgan fingerprint density at radius 2 is 1.74 bits per heavy atom. The SMILES string of the molecule is O=C1S/C(=C/c2cn(Cc3c(F)cccc3Cl)c3ccccc23)C(=O)N1Cc1ccc(I)cc1. The summed E-state index contributed by atoms with van der Waals surface area (Å²) in [5.41, 5.74) is 2.95. The van der Waals surface area contributed by atoms with Crippen molar-refractivity contribution in [3.63, 3.8) is 0 Å². The predicted octanol–water partition coefficient (Wildman–Crippen LogP) is 7.32. The van der Waals surface area contributed by atoms with Crippen molar-refractivity contribution in [2.75, 3.05) is 0 Å². The molecule has 170 valence electrons. The number of imide groups is 1. The highest BCUT2D eigenvalue weighted by Crippen LogP contribution is 2.35. The van der Waals surface area contributed by atoms with Gasteiger partial charge in [0.15, 0.2) is 0 Å². The molecule has 0 bridgehead atoms. The van der Waals surface area contributed by atoms with Crippen LogP contribution in [0.25, 0.3) is 17.0 Å². The van der Waals surface area contributed by atoms with Crippen LogP contribution in [0, 0.1) is 9.39 Å². The molecule has 1 aliphatic heterocycles. The van der Waals surface area contributed by atoms with Crippen molar-refractivity contribution < 1.29 is 14.0 Å². The Hall–Kier alpha value is -2.62. The fourth-order valence-electron chi connectivity index (χ4n) is 3.92. The van der Waals surface area contributed by atoms with Crippen molar-refractivity contribution in [3.05, 3.63) is 109 Å². The van der Waals surface area contributed by atoms with Crippen LogP contribution in [0.15, 0.2) is 77.8 Å². The number of rotatable bonds is 5. The first-order valence-corrected chi connectivity index (χ1v) is 12.7. The van der Waals surface area contributed by atoms with Crippen LogP contribution in [0.3, 0.4) is 0 Å². The number of nitrogens with zero attached hydrogens (tertiary/aromatic N) is 2. The van der Waals surface area contributed by atoms with Gasteiger partial charge in [-0.05, 0) is 76.3 Å². The van der Waals surface area contributed by atoms with E-state index in [9.17, 15) is 14.0 Å². The third-order valence-corrected chi connectivity index (χ3v) is 7.60. The molecule has 0 saturated carbocycles. The van der Waals surface area contributed by atoms with Gasteiger partial charge in [0.2, 0.25) is 0 Å². The van der Waals surface area contributed by atoms with E-state index in [0.717, 1.165) is 37.4 Å². The van der Waals surface area contributed by atoms with E-state index < -0.39 is 0 Å². The maximum atomic E-state index is 14.4. The topological polar surface area (TPSA) is 42.3 Å². The molecule has 1 aromatic heterocycles. The lowest BCUT2D eigenvalue weighted by Crippen LogP contribution is -2.27. The first kappa shape index (κ1) is 23.1. The molecule has 0 unspecified atom stereocenters. The number of hydrogen-bond acceptors (Lipinski definition) is 3. The molecule has 5 rings (SSSR count). The summed E-state index contributed by atoms with van der Waals surface area (Å²) in [6.45, 7) is 0.473. The minimum atomic E-state index is -0.372. The molecule has 4 aromatic rings. The summed E-state index contributed by atoms with van der Waals surface area (Å²) in [4.78, 5) is 27.3. The predicted molar refractivity (Wildman–Crippen MR) is 143 cm³/mol. The van der Waals surface area contributed by atoms with Crippen LogP contribution in [0.5, 0.6) is 0 Å². The highest BCUT2D eigenvalue weighted by Gasteiger charge is 2.35. The summed E-state index contributed by atoms with van der Waals surface area (Å²) in [6.07, 6.45) is 3.60. The molecule has 2 heterocycles. The third kappa shape index (κ3) is 4.52. The molecule has 0 radical (unpaired) electrons. The van der Waals surface area contributed by atoms with Gasteiger partial charge >= 0.3 is 0 Å². The normalized spacial score (nSPS) is 15.1. The molecular formula is C26H17ClFIN2O2S. The maximum Gasteiger partial charge on any atom is 0.293 e. The van der Waals surface area contributed by atoms with Crippen LogP contribution in [0.1, 0.15) is 16.7 Å². The molecule has 8 heteroatoms. The lowest BCUT2D eigenvalue weighted by atomic mass is 10.1. The number of benzene rings is 3. The van der Waals surface area contributed by atoms with Gasteiger partial charge in [0, 0.05) is 36.8 Å². The monoisotopic (exact) mass is 602 g/mol. The minimum Gasteiger partial charge on any atom is -0.342 e. The summed E-state index contributed by atoms with van der Waals surface area (Å²) in [7, 11) is 0. The Bertz CT molecular complexity index is 1450. The van der Waals surface area contributed by atoms with Crippen LogP contribution >= 0.6 is 46.0 Å². The Labute approximate surface area is 218 Å². The van der Waals surface area contributed by atoms with Crippen molar-refractivity contribution in [1.29, 1.82) is 0 Å². The van der Waals surface area contributed by atoms with Gasteiger partial charge in [-0.25, -0.2) is 4.39 Å². The number of hydrogen-bond donors (Lipinski definition) is 0. The van der Waals surface area contributed by atoms with Crippen LogP contribution < -0.4 is 0 Å². The van der Waals surface area contributed by atoms with Crippen molar-refractivity contribution in [2.45, 2.75) is 13.1 Å². The lowest BCUT2D eigenvalue weighted by Gasteiger charge is -2.12. The zero-order valence-corrected chi connectivity index (χ0v) is 21.4. The van der Waals surface area contributed by atoms with Crippen molar-refractivity contribution in [1.82, 2.24) is 9.47 Å². The zero-order chi connectivity index (χ0) is 23.8. The van der Waals surface area contributed by atoms with Crippen molar-refractivity contribution in [3.8, 4) is 0 Å². The Kier molecular flexibility index (Phi) is 6.50. The van der Waals surface area contributed by atoms with Gasteiger partial charge in [0.1, 0.15) is 5.82 Å². The quantitative estimate of drug-likeness (QED) is 0.178. The summed E-state index contributed by atoms with van der Waals surface area (Å²) in [5, 5.41) is 0.965. The second kappa shape index (κ2) is 9.56. The first-order chi connectivity index (χ1) is 16.4. The van der Waals surface area contributed by atoms with Crippen molar-refractivity contribution >= 4 is 74.1 Å². The van der Waals surface area contributed by atoms with E-state index in [-0.39, 0.29) is 30.1 Å². The molecule has 0 N–H and O–H groups in total. The largest absolute Gasteiger partial charge is 0.342 e. The smallest absolute Gasteiger partial charge is 0.293 e. The number of amides is 2. The Morgan fingerprint density at radius 3 is 2.50 bits per heavy atom. The zero-order valence-electron chi connectivity index (χ0n) is 17.7. The highest BCUT2D eigenvalue weighted by molar-refractivity contribution is 14.1. The van der Waals surface area contributed by atoms with Gasteiger partial charge in [0.05, 0.1) is 18.0 Å². The second-order valence-corrected chi connectivity index (χ2v) is 10.5. The summed E-state index contributed by atoms with van der Waals surface area (Å²) < 4.78 is 17.4. The molecule has 0 spiro atoms. The van der Waals surface area contributed by atoms with Crippen LogP contribution in [-0.2, 0) is 17.9 Å². The number of thioether (sulfide) groups is 1. The maximum absolute atomic E-state index is 14.4. The van der Waals surface area contributed by atoms with Crippen LogP contribution in [0.2, 0.25) is 5.02 Å². The fraction of sp³-hybridized carbons (Fsp3) is 0.0769. The fourth-order valence-corrected chi connectivity index (χ4v) is 5.34. The van der Waals surface area contributed by atoms with E-state index in [1.54, 1.807) is 18.2 Å². The number of carbonyl (C=O) groups excluding carboxylic acids is 2. The van der Waals surface area contributed by atoms with Gasteiger partial charge in [-0.15, -0.1) is 0 Å². The Morgan fingerprint density at radius 1 is 0.971 bits per heavy atom. The molecule has 1 saturated heterocycles. The summed E-state index contributed by atoms with van der Waals surface area (Å²) in [5.74, 6) is -0.689. The van der Waals surface area contributed by atoms with E-state index in [0.29, 0.717) is 15.5 Å². The van der Waals surface area contributed by atoms with Gasteiger partial charge in [-0.2, -0.15) is 0 Å². The van der Waals surface area contributed by atoms with E-state index in [2.05, 4.69) is 22.6 Å². The third-order valence-electron chi connectivity index (χ3n) is 5.62. The first-order valence-electron chi connectivity index (χ1n) is 10.4. The molecule has 2 amide bonds. The van der Waals surface area contributed by atoms with Crippen LogP contribution in [0.4, 0.5) is 9.18 Å². The second-order valence-electron chi connectivity index (χ2n) is 7.82. The number of halogens is 3. The minimum absolute atomic E-state index is 0.229. The van der Waals surface area contributed by atoms with E-state index in [1.807, 2.05) is 59.3 Å². The van der Waals surface area contributed by atoms with Gasteiger partial charge < -0.3 is 4.57 Å². The summed E-state index contributed by atoms with van der Waals surface area (Å²) in [6, 6.07) is 20.0. The lowest BCUT2D eigenvalue weighted by molar-refractivity contribution is -0.123. The highest BCUT2D eigenvalue weighted by atomic mass is 127. The average molecular weight is 603 g/mol. The number of aromatic nitrogens is 1. The number of para-hydroxylation sites is 1. The van der Waals surface area contributed by atoms with Crippen molar-refractivity contribution in [2.24, 2.45) is 0 Å². The molecule has 0 aliphatic carbocycles. The van der Waals surface area contributed by atoms with E-state index >= 15 is 0 Å². The Balaban J connectivity index is 1.48. The molecule has 4 nitrogen and oxygen atoms in total. The average Bonchev–Trinajstić information content (AvgIpc) is 3.30. The van der Waals surface area contributed by atoms with Gasteiger partial charge in [-0.3, -0.25) is 14.5 Å².